The molecule has 0 N–H and O–H groups in total. The van der Waals surface area contributed by atoms with E-state index in [0.29, 0.717) is 57.5 Å². The number of aromatic nitrogens is 2. The van der Waals surface area contributed by atoms with Gasteiger partial charge in [-0.25, -0.2) is 0 Å². The van der Waals surface area contributed by atoms with E-state index in [0.717, 1.165) is 24.2 Å². The lowest BCUT2D eigenvalue weighted by Gasteiger charge is -2.37. The second-order valence-electron chi connectivity index (χ2n) is 6.96. The van der Waals surface area contributed by atoms with Crippen LogP contribution in [0, 0.1) is 0 Å². The molecule has 2 saturated heterocycles. The summed E-state index contributed by atoms with van der Waals surface area (Å²) in [5, 5.41) is 4.02. The van der Waals surface area contributed by atoms with Crippen LogP contribution in [0.5, 0.6) is 5.75 Å². The van der Waals surface area contributed by atoms with Crippen LogP contribution in [0.15, 0.2) is 28.8 Å². The molecule has 2 aliphatic heterocycles. The monoisotopic (exact) mass is 387 g/mol. The van der Waals surface area contributed by atoms with Crippen molar-refractivity contribution < 1.29 is 23.5 Å². The van der Waals surface area contributed by atoms with E-state index in [-0.39, 0.29) is 5.91 Å². The van der Waals surface area contributed by atoms with Gasteiger partial charge in [0.1, 0.15) is 5.75 Å². The standard InChI is InChI=1S/C20H25N3O5/c1-2-25-16-5-3-15(4-6-16)19-21-17(28-22-19)7-8-18(24)23-11-9-20(10-12-23)26-13-14-27-20/h3-6H,2,7-14H2,1H3. The van der Waals surface area contributed by atoms with E-state index >= 15 is 0 Å². The largest absolute Gasteiger partial charge is 0.494 e. The van der Waals surface area contributed by atoms with Crippen molar-refractivity contribution >= 4 is 5.91 Å². The third-order valence-electron chi connectivity index (χ3n) is 5.14. The van der Waals surface area contributed by atoms with Crippen molar-refractivity contribution in [3.63, 3.8) is 0 Å². The lowest BCUT2D eigenvalue weighted by atomic mass is 10.0. The van der Waals surface area contributed by atoms with Gasteiger partial charge in [0.2, 0.25) is 17.6 Å². The van der Waals surface area contributed by atoms with Crippen molar-refractivity contribution in [1.82, 2.24) is 15.0 Å². The fourth-order valence-electron chi connectivity index (χ4n) is 3.60. The summed E-state index contributed by atoms with van der Waals surface area (Å²) in [6.45, 7) is 5.15. The molecule has 0 bridgehead atoms. The van der Waals surface area contributed by atoms with Gasteiger partial charge in [-0.1, -0.05) is 5.16 Å². The van der Waals surface area contributed by atoms with Crippen molar-refractivity contribution in [2.75, 3.05) is 32.9 Å². The molecular formula is C20H25N3O5. The van der Waals surface area contributed by atoms with E-state index in [4.69, 9.17) is 18.7 Å². The number of hydrogen-bond acceptors (Lipinski definition) is 7. The van der Waals surface area contributed by atoms with Crippen molar-refractivity contribution in [2.24, 2.45) is 0 Å². The van der Waals surface area contributed by atoms with E-state index in [1.807, 2.05) is 36.1 Å². The van der Waals surface area contributed by atoms with Crippen LogP contribution in [0.25, 0.3) is 11.4 Å². The second-order valence-corrected chi connectivity index (χ2v) is 6.96. The number of amides is 1. The normalized spacial score (nSPS) is 18.5. The van der Waals surface area contributed by atoms with Crippen LogP contribution in [0.3, 0.4) is 0 Å². The van der Waals surface area contributed by atoms with Crippen LogP contribution in [0.2, 0.25) is 0 Å². The van der Waals surface area contributed by atoms with Gasteiger partial charge in [0.15, 0.2) is 5.79 Å². The number of piperidine rings is 1. The third-order valence-corrected chi connectivity index (χ3v) is 5.14. The molecule has 1 aromatic heterocycles. The van der Waals surface area contributed by atoms with E-state index < -0.39 is 5.79 Å². The number of hydrogen-bond donors (Lipinski definition) is 0. The fourth-order valence-corrected chi connectivity index (χ4v) is 3.60. The molecule has 2 fully saturated rings. The van der Waals surface area contributed by atoms with Gasteiger partial charge in [-0.05, 0) is 31.2 Å². The maximum absolute atomic E-state index is 12.5. The van der Waals surface area contributed by atoms with Crippen LogP contribution >= 0.6 is 0 Å². The average molecular weight is 387 g/mol. The van der Waals surface area contributed by atoms with Gasteiger partial charge in [0.25, 0.3) is 0 Å². The number of nitrogens with zero attached hydrogens (tertiary/aromatic N) is 3. The summed E-state index contributed by atoms with van der Waals surface area (Å²) in [5.41, 5.74) is 0.850. The van der Waals surface area contributed by atoms with Gasteiger partial charge in [-0.15, -0.1) is 0 Å². The number of carbonyl (C=O) groups excluding carboxylic acids is 1. The summed E-state index contributed by atoms with van der Waals surface area (Å²) < 4.78 is 22.1. The zero-order chi connectivity index (χ0) is 19.4. The third kappa shape index (κ3) is 4.18. The van der Waals surface area contributed by atoms with E-state index in [1.165, 1.54) is 0 Å². The minimum absolute atomic E-state index is 0.0914. The maximum atomic E-state index is 12.5. The Labute approximate surface area is 163 Å². The summed E-state index contributed by atoms with van der Waals surface area (Å²) in [4.78, 5) is 18.8. The average Bonchev–Trinajstić information content (AvgIpc) is 3.38. The molecule has 1 amide bonds. The SMILES string of the molecule is CCOc1ccc(-c2noc(CCC(=O)N3CCC4(CC3)OCCO4)n2)cc1. The number of ether oxygens (including phenoxy) is 3. The molecule has 3 heterocycles. The molecule has 2 aliphatic rings. The zero-order valence-corrected chi connectivity index (χ0v) is 16.1. The number of aryl methyl sites for hydroxylation is 1. The van der Waals surface area contributed by atoms with E-state index in [9.17, 15) is 4.79 Å². The van der Waals surface area contributed by atoms with Crippen LogP contribution < -0.4 is 4.74 Å². The molecule has 0 radical (unpaired) electrons. The summed E-state index contributed by atoms with van der Waals surface area (Å²) in [5.74, 6) is 1.41. The summed E-state index contributed by atoms with van der Waals surface area (Å²) in [7, 11) is 0. The lowest BCUT2D eigenvalue weighted by Crippen LogP contribution is -2.47. The van der Waals surface area contributed by atoms with Gasteiger partial charge in [-0.2, -0.15) is 4.98 Å². The first-order valence-corrected chi connectivity index (χ1v) is 9.79. The molecule has 0 atom stereocenters. The minimum atomic E-state index is -0.462. The van der Waals surface area contributed by atoms with Crippen molar-refractivity contribution in [1.29, 1.82) is 0 Å². The zero-order valence-electron chi connectivity index (χ0n) is 16.1. The Bertz CT molecular complexity index is 788. The van der Waals surface area contributed by atoms with Crippen molar-refractivity contribution in [3.8, 4) is 17.1 Å². The Kier molecular flexibility index (Phi) is 5.59. The topological polar surface area (TPSA) is 86.9 Å². The van der Waals surface area contributed by atoms with Crippen molar-refractivity contribution in [3.05, 3.63) is 30.2 Å². The van der Waals surface area contributed by atoms with Crippen LogP contribution in [-0.4, -0.2) is 59.6 Å². The molecule has 28 heavy (non-hydrogen) atoms. The fraction of sp³-hybridized carbons (Fsp3) is 0.550. The molecule has 8 heteroatoms. The molecule has 1 spiro atoms. The molecular weight excluding hydrogens is 362 g/mol. The molecule has 150 valence electrons. The highest BCUT2D eigenvalue weighted by Crippen LogP contribution is 2.31. The molecule has 2 aromatic rings. The first kappa shape index (κ1) is 18.9. The highest BCUT2D eigenvalue weighted by atomic mass is 16.7. The Morgan fingerprint density at radius 3 is 2.57 bits per heavy atom. The summed E-state index contributed by atoms with van der Waals surface area (Å²) >= 11 is 0. The number of likely N-dealkylation sites (tertiary alicyclic amines) is 1. The van der Waals surface area contributed by atoms with Gasteiger partial charge in [0, 0.05) is 44.3 Å². The van der Waals surface area contributed by atoms with Gasteiger partial charge < -0.3 is 23.6 Å². The lowest BCUT2D eigenvalue weighted by molar-refractivity contribution is -0.187. The van der Waals surface area contributed by atoms with Crippen LogP contribution in [0.1, 0.15) is 32.1 Å². The second kappa shape index (κ2) is 8.28. The smallest absolute Gasteiger partial charge is 0.227 e. The Morgan fingerprint density at radius 2 is 1.89 bits per heavy atom. The molecule has 4 rings (SSSR count). The highest BCUT2D eigenvalue weighted by molar-refractivity contribution is 5.76. The molecule has 0 saturated carbocycles. The first-order valence-electron chi connectivity index (χ1n) is 9.79. The summed E-state index contributed by atoms with van der Waals surface area (Å²) in [6, 6.07) is 7.53. The Hall–Kier alpha value is -2.45. The summed E-state index contributed by atoms with van der Waals surface area (Å²) in [6.07, 6.45) is 2.22. The molecule has 0 aliphatic carbocycles. The number of carbonyl (C=O) groups is 1. The minimum Gasteiger partial charge on any atom is -0.494 e. The van der Waals surface area contributed by atoms with Gasteiger partial charge in [0.05, 0.1) is 19.8 Å². The molecule has 8 nitrogen and oxygen atoms in total. The first-order chi connectivity index (χ1) is 13.7. The predicted octanol–water partition coefficient (Wildman–Crippen LogP) is 2.43. The van der Waals surface area contributed by atoms with Crippen LogP contribution in [-0.2, 0) is 20.7 Å². The maximum Gasteiger partial charge on any atom is 0.227 e. The number of benzene rings is 1. The van der Waals surface area contributed by atoms with E-state index in [1.54, 1.807) is 0 Å². The van der Waals surface area contributed by atoms with Gasteiger partial charge in [-0.3, -0.25) is 4.79 Å². The van der Waals surface area contributed by atoms with Crippen molar-refractivity contribution in [2.45, 2.75) is 38.4 Å². The number of rotatable bonds is 6. The van der Waals surface area contributed by atoms with E-state index in [2.05, 4.69) is 10.1 Å². The highest BCUT2D eigenvalue weighted by Gasteiger charge is 2.40. The predicted molar refractivity (Wildman–Crippen MR) is 99.7 cm³/mol. The molecule has 0 unspecified atom stereocenters. The Balaban J connectivity index is 1.28. The Morgan fingerprint density at radius 1 is 1.18 bits per heavy atom. The molecule has 1 aromatic carbocycles. The van der Waals surface area contributed by atoms with Gasteiger partial charge >= 0.3 is 0 Å². The van der Waals surface area contributed by atoms with Crippen LogP contribution in [0.4, 0.5) is 0 Å². The quantitative estimate of drug-likeness (QED) is 0.752.